The minimum Gasteiger partial charge on any atom is -0.396 e. The Morgan fingerprint density at radius 3 is 2.45 bits per heavy atom. The van der Waals surface area contributed by atoms with E-state index in [1.165, 1.54) is 12.1 Å². The first kappa shape index (κ1) is 15.1. The van der Waals surface area contributed by atoms with Gasteiger partial charge >= 0.3 is 0 Å². The fourth-order valence-corrected chi connectivity index (χ4v) is 3.23. The van der Waals surface area contributed by atoms with Crippen molar-refractivity contribution < 1.29 is 8.42 Å². The molecule has 1 aromatic carbocycles. The molecule has 2 aromatic rings. The van der Waals surface area contributed by atoms with Gasteiger partial charge in [-0.1, -0.05) is 23.2 Å². The summed E-state index contributed by atoms with van der Waals surface area (Å²) < 4.78 is 28.3. The van der Waals surface area contributed by atoms with Crippen LogP contribution in [0, 0.1) is 0 Å². The molecule has 108 valence electrons. The van der Waals surface area contributed by atoms with Crippen LogP contribution in [0.2, 0.25) is 10.0 Å². The van der Waals surface area contributed by atoms with Gasteiger partial charge in [-0.2, -0.15) is 5.10 Å². The average Bonchev–Trinajstić information content (AvgIpc) is 2.79. The van der Waals surface area contributed by atoms with Crippen LogP contribution in [0.1, 0.15) is 5.56 Å². The van der Waals surface area contributed by atoms with Gasteiger partial charge in [0.2, 0.25) is 10.0 Å². The predicted octanol–water partition coefficient (Wildman–Crippen LogP) is 1.79. The SMILES string of the molecule is Cn1cc(CNS(=O)(=O)c2cc(Cl)c(N)c(Cl)c2)cn1. The molecule has 1 heterocycles. The molecule has 0 atom stereocenters. The summed E-state index contributed by atoms with van der Waals surface area (Å²) in [5.74, 6) is 0. The van der Waals surface area contributed by atoms with Gasteiger partial charge in [0.25, 0.3) is 0 Å². The second-order valence-electron chi connectivity index (χ2n) is 4.15. The van der Waals surface area contributed by atoms with Crippen LogP contribution in [0.4, 0.5) is 5.69 Å². The van der Waals surface area contributed by atoms with E-state index in [4.69, 9.17) is 28.9 Å². The fourth-order valence-electron chi connectivity index (χ4n) is 1.54. The van der Waals surface area contributed by atoms with Crippen molar-refractivity contribution >= 4 is 38.9 Å². The van der Waals surface area contributed by atoms with Gasteiger partial charge in [0.1, 0.15) is 0 Å². The van der Waals surface area contributed by atoms with Crippen molar-refractivity contribution in [3.63, 3.8) is 0 Å². The molecule has 0 aliphatic carbocycles. The molecule has 0 unspecified atom stereocenters. The predicted molar refractivity (Wildman–Crippen MR) is 78.1 cm³/mol. The summed E-state index contributed by atoms with van der Waals surface area (Å²) in [5.41, 5.74) is 6.46. The molecule has 2 rings (SSSR count). The van der Waals surface area contributed by atoms with Crippen LogP contribution in [0.5, 0.6) is 0 Å². The number of aromatic nitrogens is 2. The maximum absolute atomic E-state index is 12.1. The lowest BCUT2D eigenvalue weighted by atomic mass is 10.3. The number of nitrogens with two attached hydrogens (primary N) is 1. The van der Waals surface area contributed by atoms with Crippen molar-refractivity contribution in [2.45, 2.75) is 11.4 Å². The third kappa shape index (κ3) is 3.24. The number of halogens is 2. The third-order valence-electron chi connectivity index (χ3n) is 2.59. The maximum atomic E-state index is 12.1. The first-order chi connectivity index (χ1) is 9.29. The van der Waals surface area contributed by atoms with Gasteiger partial charge in [-0.15, -0.1) is 0 Å². The van der Waals surface area contributed by atoms with Gasteiger partial charge < -0.3 is 5.73 Å². The van der Waals surface area contributed by atoms with Crippen LogP contribution >= 0.6 is 23.2 Å². The van der Waals surface area contributed by atoms with E-state index in [0.717, 1.165) is 5.56 Å². The molecule has 0 aliphatic rings. The molecule has 0 fully saturated rings. The van der Waals surface area contributed by atoms with E-state index in [9.17, 15) is 8.42 Å². The summed E-state index contributed by atoms with van der Waals surface area (Å²) >= 11 is 11.7. The van der Waals surface area contributed by atoms with Crippen molar-refractivity contribution in [1.29, 1.82) is 0 Å². The Kier molecular flexibility index (Phi) is 4.24. The van der Waals surface area contributed by atoms with E-state index in [1.54, 1.807) is 24.1 Å². The summed E-state index contributed by atoms with van der Waals surface area (Å²) in [4.78, 5) is -0.0365. The molecule has 0 amide bonds. The van der Waals surface area contributed by atoms with Gasteiger partial charge in [-0.3, -0.25) is 4.68 Å². The molecular weight excluding hydrogens is 323 g/mol. The number of hydrogen-bond donors (Lipinski definition) is 2. The number of hydrogen-bond acceptors (Lipinski definition) is 4. The Labute approximate surface area is 126 Å². The van der Waals surface area contributed by atoms with Gasteiger partial charge in [0.15, 0.2) is 0 Å². The molecular formula is C11H12Cl2N4O2S. The highest BCUT2D eigenvalue weighted by Crippen LogP contribution is 2.30. The maximum Gasteiger partial charge on any atom is 0.240 e. The number of anilines is 1. The lowest BCUT2D eigenvalue weighted by Crippen LogP contribution is -2.23. The highest BCUT2D eigenvalue weighted by atomic mass is 35.5. The average molecular weight is 335 g/mol. The molecule has 0 radical (unpaired) electrons. The lowest BCUT2D eigenvalue weighted by molar-refractivity contribution is 0.581. The quantitative estimate of drug-likeness (QED) is 0.834. The number of aryl methyl sites for hydroxylation is 1. The van der Waals surface area contributed by atoms with Crippen LogP contribution in [-0.4, -0.2) is 18.2 Å². The van der Waals surface area contributed by atoms with Gasteiger partial charge in [-0.25, -0.2) is 13.1 Å². The van der Waals surface area contributed by atoms with Crippen LogP contribution in [-0.2, 0) is 23.6 Å². The highest BCUT2D eigenvalue weighted by molar-refractivity contribution is 7.89. The number of rotatable bonds is 4. The molecule has 0 saturated carbocycles. The molecule has 6 nitrogen and oxygen atoms in total. The minimum atomic E-state index is -3.72. The third-order valence-corrected chi connectivity index (χ3v) is 4.59. The highest BCUT2D eigenvalue weighted by Gasteiger charge is 2.17. The summed E-state index contributed by atoms with van der Waals surface area (Å²) in [7, 11) is -1.97. The van der Waals surface area contributed by atoms with Crippen molar-refractivity contribution in [3.05, 3.63) is 40.1 Å². The van der Waals surface area contributed by atoms with Crippen LogP contribution in [0.25, 0.3) is 0 Å². The molecule has 20 heavy (non-hydrogen) atoms. The second kappa shape index (κ2) is 5.61. The van der Waals surface area contributed by atoms with Crippen molar-refractivity contribution in [3.8, 4) is 0 Å². The van der Waals surface area contributed by atoms with Crippen molar-refractivity contribution in [1.82, 2.24) is 14.5 Å². The zero-order valence-electron chi connectivity index (χ0n) is 10.5. The Morgan fingerprint density at radius 1 is 1.35 bits per heavy atom. The van der Waals surface area contributed by atoms with E-state index >= 15 is 0 Å². The van der Waals surface area contributed by atoms with E-state index < -0.39 is 10.0 Å². The van der Waals surface area contributed by atoms with Crippen LogP contribution < -0.4 is 10.5 Å². The van der Waals surface area contributed by atoms with Gasteiger partial charge in [0, 0.05) is 25.4 Å². The van der Waals surface area contributed by atoms with Crippen molar-refractivity contribution in [2.75, 3.05) is 5.73 Å². The number of sulfonamides is 1. The summed E-state index contributed by atoms with van der Waals surface area (Å²) in [6, 6.07) is 2.52. The summed E-state index contributed by atoms with van der Waals surface area (Å²) in [6.07, 6.45) is 3.29. The van der Waals surface area contributed by atoms with Crippen LogP contribution in [0.15, 0.2) is 29.4 Å². The topological polar surface area (TPSA) is 90.0 Å². The minimum absolute atomic E-state index is 0.0365. The second-order valence-corrected chi connectivity index (χ2v) is 6.73. The van der Waals surface area contributed by atoms with Crippen molar-refractivity contribution in [2.24, 2.45) is 7.05 Å². The van der Waals surface area contributed by atoms with Gasteiger partial charge in [-0.05, 0) is 12.1 Å². The Balaban J connectivity index is 2.22. The Morgan fingerprint density at radius 2 is 1.95 bits per heavy atom. The van der Waals surface area contributed by atoms with Gasteiger partial charge in [0.05, 0.1) is 26.8 Å². The molecule has 0 saturated heterocycles. The summed E-state index contributed by atoms with van der Waals surface area (Å²) in [5, 5.41) is 4.15. The molecule has 0 spiro atoms. The zero-order valence-corrected chi connectivity index (χ0v) is 12.8. The lowest BCUT2D eigenvalue weighted by Gasteiger charge is -2.08. The van der Waals surface area contributed by atoms with E-state index in [2.05, 4.69) is 9.82 Å². The number of nitrogens with zero attached hydrogens (tertiary/aromatic N) is 2. The standard InChI is InChI=1S/C11H12Cl2N4O2S/c1-17-6-7(4-15-17)5-16-20(18,19)8-2-9(12)11(14)10(13)3-8/h2-4,6,16H,5,14H2,1H3. The largest absolute Gasteiger partial charge is 0.396 e. The summed E-state index contributed by atoms with van der Waals surface area (Å²) in [6.45, 7) is 0.121. The number of benzene rings is 1. The first-order valence-corrected chi connectivity index (χ1v) is 7.75. The molecule has 9 heteroatoms. The monoisotopic (exact) mass is 334 g/mol. The molecule has 1 aromatic heterocycles. The smallest absolute Gasteiger partial charge is 0.240 e. The molecule has 0 aliphatic heterocycles. The molecule has 0 bridgehead atoms. The zero-order chi connectivity index (χ0) is 14.9. The normalized spacial score (nSPS) is 11.8. The van der Waals surface area contributed by atoms with E-state index in [0.29, 0.717) is 0 Å². The first-order valence-electron chi connectivity index (χ1n) is 5.51. The Hall–Kier alpha value is -1.28. The van der Waals surface area contributed by atoms with E-state index in [1.807, 2.05) is 0 Å². The fraction of sp³-hybridized carbons (Fsp3) is 0.182. The molecule has 3 N–H and O–H groups in total. The van der Waals surface area contributed by atoms with E-state index in [-0.39, 0.29) is 27.2 Å². The number of nitrogen functional groups attached to an aromatic ring is 1. The Bertz CT molecular complexity index is 720. The van der Waals surface area contributed by atoms with Crippen LogP contribution in [0.3, 0.4) is 0 Å². The number of nitrogens with one attached hydrogen (secondary N) is 1.